The van der Waals surface area contributed by atoms with Crippen LogP contribution in [0.1, 0.15) is 43.4 Å². The van der Waals surface area contributed by atoms with E-state index in [2.05, 4.69) is 32.8 Å². The van der Waals surface area contributed by atoms with Crippen molar-refractivity contribution in [2.45, 2.75) is 51.0 Å². The third-order valence-electron chi connectivity index (χ3n) is 3.70. The van der Waals surface area contributed by atoms with Gasteiger partial charge >= 0.3 is 0 Å². The zero-order chi connectivity index (χ0) is 12.1. The average molecular weight is 317 g/mol. The summed E-state index contributed by atoms with van der Waals surface area (Å²) < 4.78 is 1.23. The lowest BCUT2D eigenvalue weighted by molar-refractivity contribution is 0.298. The van der Waals surface area contributed by atoms with Crippen LogP contribution >= 0.6 is 27.3 Å². The van der Waals surface area contributed by atoms with E-state index in [0.29, 0.717) is 6.04 Å². The molecule has 4 heteroatoms. The van der Waals surface area contributed by atoms with E-state index in [4.69, 9.17) is 5.84 Å². The first kappa shape index (κ1) is 13.5. The second-order valence-electron chi connectivity index (χ2n) is 5.00. The Morgan fingerprint density at radius 2 is 2.18 bits per heavy atom. The van der Waals surface area contributed by atoms with Crippen LogP contribution in [0.4, 0.5) is 0 Å². The largest absolute Gasteiger partial charge is 0.271 e. The van der Waals surface area contributed by atoms with Crippen LogP contribution in [0.3, 0.4) is 0 Å². The predicted octanol–water partition coefficient (Wildman–Crippen LogP) is 3.86. The van der Waals surface area contributed by atoms with Gasteiger partial charge < -0.3 is 0 Å². The van der Waals surface area contributed by atoms with E-state index in [1.54, 1.807) is 0 Å². The second-order valence-corrected chi connectivity index (χ2v) is 6.85. The van der Waals surface area contributed by atoms with Gasteiger partial charge in [0.25, 0.3) is 0 Å². The minimum Gasteiger partial charge on any atom is -0.271 e. The van der Waals surface area contributed by atoms with Gasteiger partial charge in [0.15, 0.2) is 0 Å². The molecule has 0 aromatic carbocycles. The smallest absolute Gasteiger partial charge is 0.0314 e. The van der Waals surface area contributed by atoms with Crippen molar-refractivity contribution in [2.24, 2.45) is 11.8 Å². The van der Waals surface area contributed by atoms with Crippen LogP contribution in [0.15, 0.2) is 15.9 Å². The maximum atomic E-state index is 5.70. The monoisotopic (exact) mass is 316 g/mol. The lowest BCUT2D eigenvalue weighted by Gasteiger charge is -2.26. The standard InChI is InChI=1S/C13H21BrN2S/c14-12-6-7-17-13(12)9-11(16-15)8-10-4-2-1-3-5-10/h6-7,10-11,16H,1-5,8-9,15H2. The van der Waals surface area contributed by atoms with Gasteiger partial charge in [-0.1, -0.05) is 32.1 Å². The summed E-state index contributed by atoms with van der Waals surface area (Å²) in [7, 11) is 0. The number of hydrazine groups is 1. The molecule has 0 aliphatic heterocycles. The summed E-state index contributed by atoms with van der Waals surface area (Å²) in [6, 6.07) is 2.54. The molecule has 1 aromatic heterocycles. The molecule has 0 spiro atoms. The summed E-state index contributed by atoms with van der Waals surface area (Å²) in [5.41, 5.74) is 3.00. The van der Waals surface area contributed by atoms with Gasteiger partial charge in [-0.2, -0.15) is 0 Å². The molecule has 1 saturated carbocycles. The number of nitrogens with one attached hydrogen (secondary N) is 1. The molecule has 17 heavy (non-hydrogen) atoms. The first-order valence-corrected chi connectivity index (χ1v) is 8.15. The summed E-state index contributed by atoms with van der Waals surface area (Å²) in [6.45, 7) is 0. The molecule has 1 atom stereocenters. The quantitative estimate of drug-likeness (QED) is 0.639. The molecule has 1 unspecified atom stereocenters. The maximum absolute atomic E-state index is 5.70. The summed E-state index contributed by atoms with van der Waals surface area (Å²) in [4.78, 5) is 1.41. The number of rotatable bonds is 5. The molecular formula is C13H21BrN2S. The summed E-state index contributed by atoms with van der Waals surface area (Å²) in [5.74, 6) is 6.57. The SMILES string of the molecule is NNC(Cc1sccc1Br)CC1CCCCC1. The Balaban J connectivity index is 1.85. The van der Waals surface area contributed by atoms with Crippen molar-refractivity contribution >= 4 is 27.3 Å². The third kappa shape index (κ3) is 4.05. The molecule has 1 fully saturated rings. The van der Waals surface area contributed by atoms with E-state index in [-0.39, 0.29) is 0 Å². The van der Waals surface area contributed by atoms with Crippen LogP contribution in [-0.2, 0) is 6.42 Å². The zero-order valence-corrected chi connectivity index (χ0v) is 12.5. The van der Waals surface area contributed by atoms with Gasteiger partial charge in [0, 0.05) is 15.4 Å². The highest BCUT2D eigenvalue weighted by atomic mass is 79.9. The zero-order valence-electron chi connectivity index (χ0n) is 10.1. The molecule has 1 aliphatic carbocycles. The van der Waals surface area contributed by atoms with Crippen molar-refractivity contribution in [3.63, 3.8) is 0 Å². The molecule has 0 saturated heterocycles. The molecule has 3 N–H and O–H groups in total. The molecule has 1 aliphatic rings. The molecular weight excluding hydrogens is 296 g/mol. The first-order valence-electron chi connectivity index (χ1n) is 6.47. The maximum Gasteiger partial charge on any atom is 0.0314 e. The molecule has 1 heterocycles. The van der Waals surface area contributed by atoms with Crippen molar-refractivity contribution in [1.29, 1.82) is 0 Å². The van der Waals surface area contributed by atoms with E-state index in [9.17, 15) is 0 Å². The number of halogens is 1. The average Bonchev–Trinajstić information content (AvgIpc) is 2.75. The van der Waals surface area contributed by atoms with E-state index in [1.807, 2.05) is 11.3 Å². The Kier molecular flexibility index (Phi) is 5.48. The number of thiophene rings is 1. The van der Waals surface area contributed by atoms with Crippen molar-refractivity contribution in [3.8, 4) is 0 Å². The van der Waals surface area contributed by atoms with Crippen LogP contribution in [-0.4, -0.2) is 6.04 Å². The van der Waals surface area contributed by atoms with E-state index in [0.717, 1.165) is 12.3 Å². The molecule has 0 radical (unpaired) electrons. The molecule has 2 nitrogen and oxygen atoms in total. The van der Waals surface area contributed by atoms with Crippen LogP contribution in [0.2, 0.25) is 0 Å². The lowest BCUT2D eigenvalue weighted by atomic mass is 9.84. The highest BCUT2D eigenvalue weighted by Crippen LogP contribution is 2.30. The van der Waals surface area contributed by atoms with Gasteiger partial charge in [-0.15, -0.1) is 11.3 Å². The van der Waals surface area contributed by atoms with Crippen LogP contribution in [0.25, 0.3) is 0 Å². The molecule has 2 rings (SSSR count). The Hall–Kier alpha value is 0.100. The van der Waals surface area contributed by atoms with Crippen molar-refractivity contribution in [2.75, 3.05) is 0 Å². The fourth-order valence-electron chi connectivity index (χ4n) is 2.73. The first-order chi connectivity index (χ1) is 8.29. The van der Waals surface area contributed by atoms with Gasteiger partial charge in [0.05, 0.1) is 0 Å². The van der Waals surface area contributed by atoms with Crippen molar-refractivity contribution < 1.29 is 0 Å². The van der Waals surface area contributed by atoms with Crippen molar-refractivity contribution in [3.05, 3.63) is 20.8 Å². The Morgan fingerprint density at radius 3 is 2.76 bits per heavy atom. The van der Waals surface area contributed by atoms with Gasteiger partial charge in [0.2, 0.25) is 0 Å². The fraction of sp³-hybridized carbons (Fsp3) is 0.692. The minimum atomic E-state index is 0.424. The highest BCUT2D eigenvalue weighted by Gasteiger charge is 2.19. The normalized spacial score (nSPS) is 19.4. The topological polar surface area (TPSA) is 38.0 Å². The molecule has 0 amide bonds. The Morgan fingerprint density at radius 1 is 1.41 bits per heavy atom. The highest BCUT2D eigenvalue weighted by molar-refractivity contribution is 9.10. The Bertz CT molecular complexity index is 334. The van der Waals surface area contributed by atoms with Crippen LogP contribution in [0, 0.1) is 5.92 Å². The number of hydrogen-bond donors (Lipinski definition) is 2. The van der Waals surface area contributed by atoms with E-state index in [1.165, 1.54) is 47.9 Å². The number of hydrogen-bond acceptors (Lipinski definition) is 3. The van der Waals surface area contributed by atoms with Crippen molar-refractivity contribution in [1.82, 2.24) is 5.43 Å². The minimum absolute atomic E-state index is 0.424. The molecule has 96 valence electrons. The van der Waals surface area contributed by atoms with Crippen LogP contribution in [0.5, 0.6) is 0 Å². The van der Waals surface area contributed by atoms with Gasteiger partial charge in [-0.25, -0.2) is 0 Å². The van der Waals surface area contributed by atoms with Gasteiger partial charge in [0.1, 0.15) is 0 Å². The third-order valence-corrected chi connectivity index (χ3v) is 5.65. The van der Waals surface area contributed by atoms with Gasteiger partial charge in [-0.3, -0.25) is 11.3 Å². The summed E-state index contributed by atoms with van der Waals surface area (Å²) in [5, 5.41) is 2.13. The van der Waals surface area contributed by atoms with Crippen LogP contribution < -0.4 is 11.3 Å². The molecule has 0 bridgehead atoms. The van der Waals surface area contributed by atoms with Gasteiger partial charge in [-0.05, 0) is 46.1 Å². The summed E-state index contributed by atoms with van der Waals surface area (Å²) >= 11 is 5.40. The number of nitrogens with two attached hydrogens (primary N) is 1. The molecule has 1 aromatic rings. The fourth-order valence-corrected chi connectivity index (χ4v) is 4.33. The second kappa shape index (κ2) is 6.88. The summed E-state index contributed by atoms with van der Waals surface area (Å²) in [6.07, 6.45) is 9.29. The Labute approximate surface area is 116 Å². The van der Waals surface area contributed by atoms with E-state index >= 15 is 0 Å². The van der Waals surface area contributed by atoms with E-state index < -0.39 is 0 Å². The lowest BCUT2D eigenvalue weighted by Crippen LogP contribution is -2.38. The predicted molar refractivity (Wildman–Crippen MR) is 78.0 cm³/mol.